The summed E-state index contributed by atoms with van der Waals surface area (Å²) in [6.45, 7) is 1.80. The molecule has 3 rings (SSSR count). The molecule has 2 aromatic carbocycles. The van der Waals surface area contributed by atoms with E-state index in [9.17, 15) is 0 Å². The lowest BCUT2D eigenvalue weighted by Crippen LogP contribution is -2.25. The maximum atomic E-state index is 5.29. The standard InChI is InChI=1S/C18H19NO2/c1-20-16-7-5-14(6-8-16)13-19-11-3-4-15-12-17(21-2)9-10-18(15)19/h3-10,12H,11,13H2,1-2H3. The fraction of sp³-hybridized carbons (Fsp3) is 0.222. The molecule has 1 aliphatic heterocycles. The fourth-order valence-electron chi connectivity index (χ4n) is 2.59. The number of rotatable bonds is 4. The normalized spacial score (nSPS) is 13.0. The molecule has 2 aromatic rings. The van der Waals surface area contributed by atoms with Gasteiger partial charge in [-0.25, -0.2) is 0 Å². The van der Waals surface area contributed by atoms with Crippen molar-refractivity contribution in [3.8, 4) is 11.5 Å². The molecule has 0 aliphatic carbocycles. The molecular formula is C18H19NO2. The van der Waals surface area contributed by atoms with Crippen molar-refractivity contribution in [1.82, 2.24) is 0 Å². The average Bonchev–Trinajstić information content (AvgIpc) is 2.55. The van der Waals surface area contributed by atoms with E-state index in [2.05, 4.69) is 41.3 Å². The lowest BCUT2D eigenvalue weighted by molar-refractivity contribution is 0.414. The van der Waals surface area contributed by atoms with Gasteiger partial charge in [0.05, 0.1) is 14.2 Å². The van der Waals surface area contributed by atoms with Crippen LogP contribution >= 0.6 is 0 Å². The van der Waals surface area contributed by atoms with Gasteiger partial charge in [-0.2, -0.15) is 0 Å². The minimum atomic E-state index is 0.883. The van der Waals surface area contributed by atoms with Gasteiger partial charge < -0.3 is 14.4 Å². The van der Waals surface area contributed by atoms with E-state index in [1.54, 1.807) is 14.2 Å². The lowest BCUT2D eigenvalue weighted by atomic mass is 10.1. The van der Waals surface area contributed by atoms with Crippen molar-refractivity contribution in [2.75, 3.05) is 25.7 Å². The van der Waals surface area contributed by atoms with Gasteiger partial charge in [-0.05, 0) is 35.9 Å². The molecule has 0 spiro atoms. The molecule has 1 aliphatic rings. The smallest absolute Gasteiger partial charge is 0.119 e. The van der Waals surface area contributed by atoms with Crippen LogP contribution in [0.15, 0.2) is 48.5 Å². The quantitative estimate of drug-likeness (QED) is 0.852. The van der Waals surface area contributed by atoms with E-state index in [1.165, 1.54) is 16.8 Å². The number of anilines is 1. The molecule has 0 amide bonds. The molecule has 0 atom stereocenters. The minimum absolute atomic E-state index is 0.883. The van der Waals surface area contributed by atoms with Gasteiger partial charge in [0.15, 0.2) is 0 Å². The first-order chi connectivity index (χ1) is 10.3. The van der Waals surface area contributed by atoms with Gasteiger partial charge in [0.25, 0.3) is 0 Å². The molecular weight excluding hydrogens is 262 g/mol. The summed E-state index contributed by atoms with van der Waals surface area (Å²) >= 11 is 0. The number of methoxy groups -OCH3 is 2. The van der Waals surface area contributed by atoms with E-state index >= 15 is 0 Å². The van der Waals surface area contributed by atoms with Crippen LogP contribution < -0.4 is 14.4 Å². The zero-order valence-electron chi connectivity index (χ0n) is 12.4. The van der Waals surface area contributed by atoms with E-state index in [1.807, 2.05) is 18.2 Å². The average molecular weight is 281 g/mol. The second-order valence-corrected chi connectivity index (χ2v) is 5.06. The van der Waals surface area contributed by atoms with Gasteiger partial charge in [-0.15, -0.1) is 0 Å². The zero-order valence-corrected chi connectivity index (χ0v) is 12.4. The van der Waals surface area contributed by atoms with Crippen molar-refractivity contribution in [2.45, 2.75) is 6.54 Å². The molecule has 0 radical (unpaired) electrons. The van der Waals surface area contributed by atoms with Gasteiger partial charge in [0.2, 0.25) is 0 Å². The first-order valence-corrected chi connectivity index (χ1v) is 7.02. The number of hydrogen-bond acceptors (Lipinski definition) is 3. The summed E-state index contributed by atoms with van der Waals surface area (Å²) in [6.07, 6.45) is 4.34. The molecule has 108 valence electrons. The third-order valence-corrected chi connectivity index (χ3v) is 3.73. The Labute approximate surface area is 125 Å². The summed E-state index contributed by atoms with van der Waals surface area (Å²) in [4.78, 5) is 2.36. The highest BCUT2D eigenvalue weighted by molar-refractivity contribution is 5.72. The summed E-state index contributed by atoms with van der Waals surface area (Å²) in [5.74, 6) is 1.78. The molecule has 3 nitrogen and oxygen atoms in total. The summed E-state index contributed by atoms with van der Waals surface area (Å²) < 4.78 is 10.5. The van der Waals surface area contributed by atoms with Crippen LogP contribution in [0.5, 0.6) is 11.5 Å². The Morgan fingerprint density at radius 3 is 2.38 bits per heavy atom. The lowest BCUT2D eigenvalue weighted by Gasteiger charge is -2.28. The summed E-state index contributed by atoms with van der Waals surface area (Å²) in [6, 6.07) is 14.4. The van der Waals surface area contributed by atoms with Crippen molar-refractivity contribution >= 4 is 11.8 Å². The van der Waals surface area contributed by atoms with E-state index < -0.39 is 0 Å². The van der Waals surface area contributed by atoms with Gasteiger partial charge in [-0.1, -0.05) is 24.3 Å². The van der Waals surface area contributed by atoms with Crippen molar-refractivity contribution in [2.24, 2.45) is 0 Å². The Morgan fingerprint density at radius 1 is 0.952 bits per heavy atom. The number of ether oxygens (including phenoxy) is 2. The van der Waals surface area contributed by atoms with E-state index in [-0.39, 0.29) is 0 Å². The molecule has 1 heterocycles. The second-order valence-electron chi connectivity index (χ2n) is 5.06. The number of fused-ring (bicyclic) bond motifs is 1. The largest absolute Gasteiger partial charge is 0.497 e. The SMILES string of the molecule is COc1ccc(CN2CC=Cc3cc(OC)ccc32)cc1. The van der Waals surface area contributed by atoms with Crippen LogP contribution in [0.3, 0.4) is 0 Å². The fourth-order valence-corrected chi connectivity index (χ4v) is 2.59. The van der Waals surface area contributed by atoms with Crippen LogP contribution in [0.1, 0.15) is 11.1 Å². The molecule has 0 N–H and O–H groups in total. The van der Waals surface area contributed by atoms with Gasteiger partial charge in [0, 0.05) is 24.3 Å². The van der Waals surface area contributed by atoms with Crippen LogP contribution in [0.4, 0.5) is 5.69 Å². The second kappa shape index (κ2) is 5.92. The Balaban J connectivity index is 1.82. The van der Waals surface area contributed by atoms with Crippen LogP contribution in [0.2, 0.25) is 0 Å². The van der Waals surface area contributed by atoms with Crippen LogP contribution in [0, 0.1) is 0 Å². The van der Waals surface area contributed by atoms with Crippen LogP contribution in [0.25, 0.3) is 6.08 Å². The van der Waals surface area contributed by atoms with Crippen molar-refractivity contribution < 1.29 is 9.47 Å². The maximum absolute atomic E-state index is 5.29. The Kier molecular flexibility index (Phi) is 3.82. The summed E-state index contributed by atoms with van der Waals surface area (Å²) in [7, 11) is 3.39. The van der Waals surface area contributed by atoms with Crippen LogP contribution in [-0.2, 0) is 6.54 Å². The van der Waals surface area contributed by atoms with Gasteiger partial charge in [-0.3, -0.25) is 0 Å². The molecule has 0 unspecified atom stereocenters. The topological polar surface area (TPSA) is 21.7 Å². The minimum Gasteiger partial charge on any atom is -0.497 e. The third-order valence-electron chi connectivity index (χ3n) is 3.73. The Bertz CT molecular complexity index is 647. The first-order valence-electron chi connectivity index (χ1n) is 7.02. The van der Waals surface area contributed by atoms with E-state index in [0.29, 0.717) is 0 Å². The molecule has 0 aromatic heterocycles. The Hall–Kier alpha value is -2.42. The molecule has 3 heteroatoms. The third kappa shape index (κ3) is 2.87. The van der Waals surface area contributed by atoms with E-state index in [4.69, 9.17) is 9.47 Å². The molecule has 0 bridgehead atoms. The molecule has 21 heavy (non-hydrogen) atoms. The number of benzene rings is 2. The maximum Gasteiger partial charge on any atom is 0.119 e. The van der Waals surface area contributed by atoms with Crippen molar-refractivity contribution in [1.29, 1.82) is 0 Å². The van der Waals surface area contributed by atoms with Gasteiger partial charge >= 0.3 is 0 Å². The number of nitrogens with zero attached hydrogens (tertiary/aromatic N) is 1. The predicted octanol–water partition coefficient (Wildman–Crippen LogP) is 3.74. The van der Waals surface area contributed by atoms with Crippen molar-refractivity contribution in [3.05, 3.63) is 59.7 Å². The van der Waals surface area contributed by atoms with Crippen molar-refractivity contribution in [3.63, 3.8) is 0 Å². The molecule has 0 saturated carbocycles. The predicted molar refractivity (Wildman–Crippen MR) is 86.1 cm³/mol. The zero-order chi connectivity index (χ0) is 14.7. The number of hydrogen-bond donors (Lipinski definition) is 0. The van der Waals surface area contributed by atoms with Gasteiger partial charge in [0.1, 0.15) is 11.5 Å². The highest BCUT2D eigenvalue weighted by Crippen LogP contribution is 2.30. The van der Waals surface area contributed by atoms with Crippen LogP contribution in [-0.4, -0.2) is 20.8 Å². The molecule has 0 fully saturated rings. The monoisotopic (exact) mass is 281 g/mol. The Morgan fingerprint density at radius 2 is 1.67 bits per heavy atom. The summed E-state index contributed by atoms with van der Waals surface area (Å²) in [5.41, 5.74) is 3.72. The van der Waals surface area contributed by atoms with E-state index in [0.717, 1.165) is 24.6 Å². The first kappa shape index (κ1) is 13.6. The highest BCUT2D eigenvalue weighted by Gasteiger charge is 2.14. The summed E-state index contributed by atoms with van der Waals surface area (Å²) in [5, 5.41) is 0. The molecule has 0 saturated heterocycles. The highest BCUT2D eigenvalue weighted by atomic mass is 16.5.